The fraction of sp³-hybridized carbons (Fsp3) is 0.185. The third kappa shape index (κ3) is 5.33. The molecule has 0 fully saturated rings. The van der Waals surface area contributed by atoms with Crippen molar-refractivity contribution < 1.29 is 14.3 Å². The zero-order valence-corrected chi connectivity index (χ0v) is 21.6. The first-order chi connectivity index (χ1) is 18.0. The maximum Gasteiger partial charge on any atom is 0.251 e. The molecule has 1 aromatic heterocycles. The van der Waals surface area contributed by atoms with Crippen LogP contribution in [0.1, 0.15) is 21.7 Å². The van der Waals surface area contributed by atoms with E-state index in [0.29, 0.717) is 39.5 Å². The third-order valence-electron chi connectivity index (χ3n) is 6.07. The van der Waals surface area contributed by atoms with Gasteiger partial charge in [-0.05, 0) is 54.4 Å². The summed E-state index contributed by atoms with van der Waals surface area (Å²) in [6.07, 6.45) is 0.848. The standard InChI is InChI=1S/C27H24ClN5O3S/c1-36-20-12-10-19(11-13-20)26(35)29-16-24-30-31-27(33(24)23-9-5-3-7-21(23)28)37-17-25(34)32-15-14-18-6-2-4-8-22(18)32/h2-13H,14-17H2,1H3,(H,29,35). The molecule has 0 aliphatic carbocycles. The molecule has 0 bridgehead atoms. The van der Waals surface area contributed by atoms with Crippen molar-refractivity contribution in [3.8, 4) is 11.4 Å². The highest BCUT2D eigenvalue weighted by molar-refractivity contribution is 7.99. The Morgan fingerprint density at radius 1 is 1.00 bits per heavy atom. The van der Waals surface area contributed by atoms with Crippen LogP contribution in [0.3, 0.4) is 0 Å². The Hall–Kier alpha value is -3.82. The van der Waals surface area contributed by atoms with Crippen LogP contribution in [0.4, 0.5) is 5.69 Å². The second-order valence-electron chi connectivity index (χ2n) is 8.31. The largest absolute Gasteiger partial charge is 0.497 e. The van der Waals surface area contributed by atoms with E-state index in [1.807, 2.05) is 41.3 Å². The number of methoxy groups -OCH3 is 1. The van der Waals surface area contributed by atoms with Crippen LogP contribution >= 0.6 is 23.4 Å². The van der Waals surface area contributed by atoms with Crippen molar-refractivity contribution in [3.05, 3.63) is 94.8 Å². The lowest BCUT2D eigenvalue weighted by atomic mass is 10.2. The van der Waals surface area contributed by atoms with Crippen molar-refractivity contribution >= 4 is 40.9 Å². The van der Waals surface area contributed by atoms with Gasteiger partial charge in [-0.1, -0.05) is 53.7 Å². The first-order valence-electron chi connectivity index (χ1n) is 11.7. The summed E-state index contributed by atoms with van der Waals surface area (Å²) in [6, 6.07) is 22.1. The van der Waals surface area contributed by atoms with E-state index in [0.717, 1.165) is 12.1 Å². The number of fused-ring (bicyclic) bond motifs is 1. The highest BCUT2D eigenvalue weighted by Gasteiger charge is 2.25. The number of hydrogen-bond donors (Lipinski definition) is 1. The first-order valence-corrected chi connectivity index (χ1v) is 13.0. The minimum atomic E-state index is -0.256. The lowest BCUT2D eigenvalue weighted by Crippen LogP contribution is -2.30. The van der Waals surface area contributed by atoms with Gasteiger partial charge in [-0.2, -0.15) is 0 Å². The lowest BCUT2D eigenvalue weighted by molar-refractivity contribution is -0.116. The summed E-state index contributed by atoms with van der Waals surface area (Å²) >= 11 is 7.80. The Morgan fingerprint density at radius 2 is 1.73 bits per heavy atom. The number of thioether (sulfide) groups is 1. The summed E-state index contributed by atoms with van der Waals surface area (Å²) < 4.78 is 6.94. The molecule has 8 nitrogen and oxygen atoms in total. The van der Waals surface area contributed by atoms with Gasteiger partial charge in [-0.15, -0.1) is 10.2 Å². The lowest BCUT2D eigenvalue weighted by Gasteiger charge is -2.17. The number of aromatic nitrogens is 3. The summed E-state index contributed by atoms with van der Waals surface area (Å²) in [5.41, 5.74) is 3.30. The number of halogens is 1. The maximum atomic E-state index is 13.1. The summed E-state index contributed by atoms with van der Waals surface area (Å²) in [7, 11) is 1.57. The van der Waals surface area contributed by atoms with Gasteiger partial charge in [0, 0.05) is 17.8 Å². The number of para-hydroxylation sites is 2. The molecule has 188 valence electrons. The molecule has 2 amide bonds. The van der Waals surface area contributed by atoms with E-state index < -0.39 is 0 Å². The van der Waals surface area contributed by atoms with Crippen molar-refractivity contribution in [2.75, 3.05) is 24.3 Å². The van der Waals surface area contributed by atoms with Gasteiger partial charge in [-0.3, -0.25) is 14.2 Å². The maximum absolute atomic E-state index is 13.1. The number of nitrogens with zero attached hydrogens (tertiary/aromatic N) is 4. The van der Waals surface area contributed by atoms with Crippen molar-refractivity contribution in [2.24, 2.45) is 0 Å². The molecule has 0 atom stereocenters. The second-order valence-corrected chi connectivity index (χ2v) is 9.66. The molecule has 0 saturated carbocycles. The van der Waals surface area contributed by atoms with Crippen molar-refractivity contribution in [1.29, 1.82) is 0 Å². The highest BCUT2D eigenvalue weighted by Crippen LogP contribution is 2.30. The zero-order valence-electron chi connectivity index (χ0n) is 20.1. The number of amides is 2. The Labute approximate surface area is 223 Å². The molecular weight excluding hydrogens is 510 g/mol. The van der Waals surface area contributed by atoms with Crippen LogP contribution in [0.5, 0.6) is 5.75 Å². The van der Waals surface area contributed by atoms with Gasteiger partial charge in [0.2, 0.25) is 5.91 Å². The van der Waals surface area contributed by atoms with Crippen molar-refractivity contribution in [1.82, 2.24) is 20.1 Å². The minimum absolute atomic E-state index is 0.00184. The number of rotatable bonds is 8. The Kier molecular flexibility index (Phi) is 7.43. The molecule has 4 aromatic rings. The van der Waals surface area contributed by atoms with Gasteiger partial charge in [0.05, 0.1) is 30.1 Å². The number of anilines is 1. The Balaban J connectivity index is 1.34. The fourth-order valence-corrected chi connectivity index (χ4v) is 5.25. The van der Waals surface area contributed by atoms with Crippen molar-refractivity contribution in [3.63, 3.8) is 0 Å². The molecule has 2 heterocycles. The van der Waals surface area contributed by atoms with E-state index in [9.17, 15) is 9.59 Å². The fourth-order valence-electron chi connectivity index (χ4n) is 4.19. The van der Waals surface area contributed by atoms with E-state index in [4.69, 9.17) is 16.3 Å². The van der Waals surface area contributed by atoms with E-state index >= 15 is 0 Å². The van der Waals surface area contributed by atoms with Crippen LogP contribution in [-0.4, -0.2) is 46.0 Å². The molecule has 0 radical (unpaired) electrons. The molecule has 0 unspecified atom stereocenters. The minimum Gasteiger partial charge on any atom is -0.497 e. The van der Waals surface area contributed by atoms with Gasteiger partial charge in [0.1, 0.15) is 5.75 Å². The molecule has 10 heteroatoms. The number of benzene rings is 3. The van der Waals surface area contributed by atoms with E-state index in [1.54, 1.807) is 42.0 Å². The average Bonchev–Trinajstić information content (AvgIpc) is 3.55. The van der Waals surface area contributed by atoms with Crippen LogP contribution in [0.25, 0.3) is 5.69 Å². The van der Waals surface area contributed by atoms with Crippen molar-refractivity contribution in [2.45, 2.75) is 18.1 Å². The average molecular weight is 534 g/mol. The van der Waals surface area contributed by atoms with E-state index in [2.05, 4.69) is 21.6 Å². The summed E-state index contributed by atoms with van der Waals surface area (Å²) in [6.45, 7) is 0.787. The normalized spacial score (nSPS) is 12.3. The van der Waals surface area contributed by atoms with E-state index in [1.165, 1.54) is 17.3 Å². The molecule has 3 aromatic carbocycles. The number of hydrogen-bond acceptors (Lipinski definition) is 6. The van der Waals surface area contributed by atoms with Gasteiger partial charge in [0.25, 0.3) is 5.91 Å². The first kappa shape index (κ1) is 24.9. The number of carbonyl (C=O) groups is 2. The molecule has 0 saturated heterocycles. The number of nitrogens with one attached hydrogen (secondary N) is 1. The summed E-state index contributed by atoms with van der Waals surface area (Å²) in [4.78, 5) is 27.6. The smallest absolute Gasteiger partial charge is 0.251 e. The second kappa shape index (κ2) is 11.1. The van der Waals surface area contributed by atoms with Crippen LogP contribution in [0.2, 0.25) is 5.02 Å². The van der Waals surface area contributed by atoms with Crippen LogP contribution in [-0.2, 0) is 17.8 Å². The summed E-state index contributed by atoms with van der Waals surface area (Å²) in [5.74, 6) is 1.10. The molecule has 0 spiro atoms. The molecule has 1 aliphatic heterocycles. The predicted molar refractivity (Wildman–Crippen MR) is 144 cm³/mol. The highest BCUT2D eigenvalue weighted by atomic mass is 35.5. The molecule has 5 rings (SSSR count). The van der Waals surface area contributed by atoms with Gasteiger partial charge in [0.15, 0.2) is 11.0 Å². The zero-order chi connectivity index (χ0) is 25.8. The van der Waals surface area contributed by atoms with Gasteiger partial charge < -0.3 is 15.0 Å². The molecular formula is C27H24ClN5O3S. The quantitative estimate of drug-likeness (QED) is 0.334. The SMILES string of the molecule is COc1ccc(C(=O)NCc2nnc(SCC(=O)N3CCc4ccccc43)n2-c2ccccc2Cl)cc1. The molecule has 37 heavy (non-hydrogen) atoms. The van der Waals surface area contributed by atoms with Gasteiger partial charge >= 0.3 is 0 Å². The number of carbonyl (C=O) groups excluding carboxylic acids is 2. The predicted octanol–water partition coefficient (Wildman–Crippen LogP) is 4.54. The van der Waals surface area contributed by atoms with Gasteiger partial charge in [-0.25, -0.2) is 0 Å². The van der Waals surface area contributed by atoms with Crippen LogP contribution in [0.15, 0.2) is 78.0 Å². The van der Waals surface area contributed by atoms with Crippen LogP contribution in [0, 0.1) is 0 Å². The Morgan fingerprint density at radius 3 is 2.49 bits per heavy atom. The van der Waals surface area contributed by atoms with Crippen LogP contribution < -0.4 is 15.0 Å². The van der Waals surface area contributed by atoms with E-state index in [-0.39, 0.29) is 24.1 Å². The molecule has 1 aliphatic rings. The monoisotopic (exact) mass is 533 g/mol. The summed E-state index contributed by atoms with van der Waals surface area (Å²) in [5, 5.41) is 12.5. The topological polar surface area (TPSA) is 89.3 Å². The molecule has 1 N–H and O–H groups in total. The number of ether oxygens (including phenoxy) is 1. The Bertz CT molecular complexity index is 1440. The third-order valence-corrected chi connectivity index (χ3v) is 7.30.